The molecule has 0 aliphatic carbocycles. The van der Waals surface area contributed by atoms with Gasteiger partial charge in [0.1, 0.15) is 5.75 Å². The fraction of sp³-hybridized carbons (Fsp3) is 0.308. The number of nitrogens with one attached hydrogen (secondary N) is 1. The zero-order valence-corrected chi connectivity index (χ0v) is 19.2. The summed E-state index contributed by atoms with van der Waals surface area (Å²) in [6.45, 7) is 9.25. The van der Waals surface area contributed by atoms with Crippen molar-refractivity contribution in [3.8, 4) is 17.0 Å². The van der Waals surface area contributed by atoms with Gasteiger partial charge in [0.25, 0.3) is 0 Å². The number of hydrogen-bond donors (Lipinski definition) is 1. The van der Waals surface area contributed by atoms with E-state index in [1.54, 1.807) is 19.2 Å². The molecule has 0 saturated carbocycles. The van der Waals surface area contributed by atoms with E-state index in [4.69, 9.17) is 9.72 Å². The normalized spacial score (nSPS) is 11.3. The van der Waals surface area contributed by atoms with Gasteiger partial charge in [-0.2, -0.15) is 4.39 Å². The van der Waals surface area contributed by atoms with Gasteiger partial charge in [-0.05, 0) is 68.7 Å². The fourth-order valence-electron chi connectivity index (χ4n) is 4.29. The molecule has 0 unspecified atom stereocenters. The lowest BCUT2D eigenvalue weighted by Crippen LogP contribution is -2.08. The van der Waals surface area contributed by atoms with E-state index < -0.39 is 5.95 Å². The van der Waals surface area contributed by atoms with E-state index in [-0.39, 0.29) is 6.04 Å². The first kappa shape index (κ1) is 21.8. The molecule has 3 aromatic heterocycles. The van der Waals surface area contributed by atoms with Crippen LogP contribution in [-0.4, -0.2) is 21.6 Å². The molecular formula is C26H29FN4O. The summed E-state index contributed by atoms with van der Waals surface area (Å²) in [5.74, 6) is 0.309. The molecule has 0 aliphatic rings. The average Bonchev–Trinajstić information content (AvgIpc) is 3.10. The Kier molecular flexibility index (Phi) is 6.12. The maximum absolute atomic E-state index is 14.5. The summed E-state index contributed by atoms with van der Waals surface area (Å²) in [7, 11) is 1.66. The lowest BCUT2D eigenvalue weighted by atomic mass is 10.1. The van der Waals surface area contributed by atoms with Crippen LogP contribution in [0.4, 0.5) is 10.1 Å². The molecule has 166 valence electrons. The van der Waals surface area contributed by atoms with Crippen LogP contribution in [-0.2, 0) is 13.0 Å². The highest BCUT2D eigenvalue weighted by Crippen LogP contribution is 2.36. The van der Waals surface area contributed by atoms with Gasteiger partial charge < -0.3 is 14.6 Å². The summed E-state index contributed by atoms with van der Waals surface area (Å²) in [4.78, 5) is 8.72. The number of pyridine rings is 2. The zero-order valence-electron chi connectivity index (χ0n) is 19.2. The number of hydrogen-bond acceptors (Lipinski definition) is 4. The van der Waals surface area contributed by atoms with Crippen LogP contribution in [0.1, 0.15) is 43.6 Å². The monoisotopic (exact) mass is 432 g/mol. The van der Waals surface area contributed by atoms with Crippen LogP contribution >= 0.6 is 0 Å². The number of nitrogens with zero attached hydrogens (tertiary/aromatic N) is 3. The molecule has 0 fully saturated rings. The van der Waals surface area contributed by atoms with E-state index in [1.165, 1.54) is 11.9 Å². The highest BCUT2D eigenvalue weighted by molar-refractivity contribution is 5.95. The molecule has 4 rings (SSSR count). The number of methoxy groups -OCH3 is 1. The Morgan fingerprint density at radius 1 is 1.16 bits per heavy atom. The van der Waals surface area contributed by atoms with Gasteiger partial charge in [0.05, 0.1) is 35.1 Å². The largest absolute Gasteiger partial charge is 0.497 e. The molecule has 0 radical (unpaired) electrons. The van der Waals surface area contributed by atoms with Crippen molar-refractivity contribution in [3.63, 3.8) is 0 Å². The van der Waals surface area contributed by atoms with E-state index in [0.717, 1.165) is 40.0 Å². The Balaban J connectivity index is 1.88. The van der Waals surface area contributed by atoms with Crippen molar-refractivity contribution >= 4 is 16.7 Å². The van der Waals surface area contributed by atoms with Crippen LogP contribution in [0.25, 0.3) is 22.3 Å². The summed E-state index contributed by atoms with van der Waals surface area (Å²) >= 11 is 0. The first-order valence-electron chi connectivity index (χ1n) is 11.0. The van der Waals surface area contributed by atoms with Gasteiger partial charge in [0.2, 0.25) is 5.95 Å². The molecule has 0 atom stereocenters. The molecule has 0 aliphatic heterocycles. The summed E-state index contributed by atoms with van der Waals surface area (Å²) < 4.78 is 22.1. The molecule has 3 heterocycles. The molecule has 0 spiro atoms. The third-order valence-electron chi connectivity index (χ3n) is 5.84. The molecule has 4 aromatic rings. The number of halogens is 1. The second-order valence-electron chi connectivity index (χ2n) is 8.18. The fourth-order valence-corrected chi connectivity index (χ4v) is 4.29. The zero-order chi connectivity index (χ0) is 22.8. The third-order valence-corrected chi connectivity index (χ3v) is 5.84. The topological polar surface area (TPSA) is 52.0 Å². The minimum atomic E-state index is -0.517. The van der Waals surface area contributed by atoms with Crippen molar-refractivity contribution in [1.29, 1.82) is 0 Å². The van der Waals surface area contributed by atoms with E-state index in [9.17, 15) is 4.39 Å². The van der Waals surface area contributed by atoms with E-state index in [0.29, 0.717) is 17.8 Å². The van der Waals surface area contributed by atoms with Crippen molar-refractivity contribution in [1.82, 2.24) is 14.5 Å². The lowest BCUT2D eigenvalue weighted by Gasteiger charge is -2.18. The maximum atomic E-state index is 14.5. The van der Waals surface area contributed by atoms with Crippen LogP contribution in [0.15, 0.2) is 48.7 Å². The van der Waals surface area contributed by atoms with E-state index in [2.05, 4.69) is 42.6 Å². The van der Waals surface area contributed by atoms with Crippen molar-refractivity contribution in [2.45, 2.75) is 46.7 Å². The molecule has 0 amide bonds. The predicted molar refractivity (Wildman–Crippen MR) is 128 cm³/mol. The van der Waals surface area contributed by atoms with Crippen LogP contribution in [0, 0.1) is 12.9 Å². The summed E-state index contributed by atoms with van der Waals surface area (Å²) in [5, 5.41) is 3.59. The van der Waals surface area contributed by atoms with E-state index >= 15 is 0 Å². The van der Waals surface area contributed by atoms with Crippen molar-refractivity contribution < 1.29 is 9.13 Å². The minimum absolute atomic E-state index is 0.269. The molecule has 6 heteroatoms. The number of fused-ring (bicyclic) bond motifs is 1. The minimum Gasteiger partial charge on any atom is -0.497 e. The number of benzene rings is 1. The van der Waals surface area contributed by atoms with Gasteiger partial charge in [-0.25, -0.2) is 9.97 Å². The predicted octanol–water partition coefficient (Wildman–Crippen LogP) is 6.31. The quantitative estimate of drug-likeness (QED) is 0.348. The Labute approximate surface area is 188 Å². The molecule has 1 N–H and O–H groups in total. The molecule has 5 nitrogen and oxygen atoms in total. The van der Waals surface area contributed by atoms with Crippen molar-refractivity contribution in [2.75, 3.05) is 12.4 Å². The second-order valence-corrected chi connectivity index (χ2v) is 8.18. The van der Waals surface area contributed by atoms with Crippen LogP contribution < -0.4 is 10.1 Å². The van der Waals surface area contributed by atoms with Crippen LogP contribution in [0.5, 0.6) is 5.75 Å². The number of anilines is 1. The Morgan fingerprint density at radius 2 is 1.91 bits per heavy atom. The first-order valence-corrected chi connectivity index (χ1v) is 11.0. The van der Waals surface area contributed by atoms with Crippen molar-refractivity contribution in [3.05, 3.63) is 71.4 Å². The smallest absolute Gasteiger partial charge is 0.222 e. The van der Waals surface area contributed by atoms with E-state index in [1.807, 2.05) is 30.3 Å². The standard InChI is InChI=1S/C26H29FN4O/c1-6-23-17(4)24-25(31(23)16(2)3)22(29-15-18-9-11-19(32-5)12-10-18)14-21(30-24)20-8-7-13-28-26(20)27/h7-14,16H,6,15H2,1-5H3,(H,29,30). The van der Waals surface area contributed by atoms with Gasteiger partial charge >= 0.3 is 0 Å². The van der Waals surface area contributed by atoms with Gasteiger partial charge in [0, 0.05) is 24.5 Å². The second kappa shape index (κ2) is 8.99. The Bertz CT molecular complexity index is 1250. The highest BCUT2D eigenvalue weighted by Gasteiger charge is 2.21. The molecular weight excluding hydrogens is 403 g/mol. The van der Waals surface area contributed by atoms with Gasteiger partial charge in [-0.15, -0.1) is 0 Å². The van der Waals surface area contributed by atoms with Crippen LogP contribution in [0.3, 0.4) is 0 Å². The summed E-state index contributed by atoms with van der Waals surface area (Å²) in [6, 6.07) is 13.6. The number of ether oxygens (including phenoxy) is 1. The summed E-state index contributed by atoms with van der Waals surface area (Å²) in [6.07, 6.45) is 2.35. The SMILES string of the molecule is CCc1c(C)c2nc(-c3cccnc3F)cc(NCc3ccc(OC)cc3)c2n1C(C)C. The Morgan fingerprint density at radius 3 is 2.53 bits per heavy atom. The number of rotatable bonds is 7. The first-order chi connectivity index (χ1) is 15.4. The molecule has 0 bridgehead atoms. The van der Waals surface area contributed by atoms with Gasteiger partial charge in [0.15, 0.2) is 0 Å². The molecule has 1 aromatic carbocycles. The van der Waals surface area contributed by atoms with Crippen LogP contribution in [0.2, 0.25) is 0 Å². The molecule has 32 heavy (non-hydrogen) atoms. The van der Waals surface area contributed by atoms with Gasteiger partial charge in [-0.1, -0.05) is 19.1 Å². The Hall–Kier alpha value is -3.41. The number of aryl methyl sites for hydroxylation is 1. The maximum Gasteiger partial charge on any atom is 0.222 e. The summed E-state index contributed by atoms with van der Waals surface area (Å²) in [5.41, 5.74) is 7.36. The highest BCUT2D eigenvalue weighted by atomic mass is 19.1. The van der Waals surface area contributed by atoms with Gasteiger partial charge in [-0.3, -0.25) is 0 Å². The number of aromatic nitrogens is 3. The lowest BCUT2D eigenvalue weighted by molar-refractivity contribution is 0.414. The average molecular weight is 433 g/mol. The third kappa shape index (κ3) is 3.93. The molecule has 0 saturated heterocycles. The van der Waals surface area contributed by atoms with Crippen molar-refractivity contribution in [2.24, 2.45) is 0 Å².